The van der Waals surface area contributed by atoms with E-state index in [1.54, 1.807) is 0 Å². The lowest BCUT2D eigenvalue weighted by atomic mass is 9.88. The van der Waals surface area contributed by atoms with Crippen LogP contribution in [-0.4, -0.2) is 25.2 Å². The number of nitrogens with one attached hydrogen (secondary N) is 1. The lowest BCUT2D eigenvalue weighted by Crippen LogP contribution is -2.29. The Labute approximate surface area is 92.6 Å². The molecule has 1 N–H and O–H groups in total. The van der Waals surface area contributed by atoms with E-state index >= 15 is 0 Å². The van der Waals surface area contributed by atoms with Crippen LogP contribution in [0.4, 0.5) is 0 Å². The first kappa shape index (κ1) is 12.5. The fourth-order valence-electron chi connectivity index (χ4n) is 2.05. The maximum atomic E-state index is 11.5. The molecule has 0 aromatic heterocycles. The summed E-state index contributed by atoms with van der Waals surface area (Å²) in [5.74, 6) is 0.497. The second-order valence-electron chi connectivity index (χ2n) is 4.39. The Morgan fingerprint density at radius 1 is 1.40 bits per heavy atom. The average molecular weight is 213 g/mol. The van der Waals surface area contributed by atoms with Crippen molar-refractivity contribution in [2.45, 2.75) is 52.1 Å². The molecule has 88 valence electrons. The summed E-state index contributed by atoms with van der Waals surface area (Å²) in [6.07, 6.45) is 5.41. The third kappa shape index (κ3) is 4.65. The third-order valence-corrected chi connectivity index (χ3v) is 3.07. The third-order valence-electron chi connectivity index (χ3n) is 3.07. The van der Waals surface area contributed by atoms with Gasteiger partial charge in [-0.3, -0.25) is 4.79 Å². The highest BCUT2D eigenvalue weighted by atomic mass is 16.5. The maximum Gasteiger partial charge on any atom is 0.307 e. The molecule has 0 aromatic rings. The Balaban J connectivity index is 2.18. The zero-order valence-corrected chi connectivity index (χ0v) is 9.92. The Hall–Kier alpha value is -0.570. The fourth-order valence-corrected chi connectivity index (χ4v) is 2.05. The van der Waals surface area contributed by atoms with Crippen molar-refractivity contribution in [2.24, 2.45) is 5.92 Å². The van der Waals surface area contributed by atoms with Gasteiger partial charge in [0.25, 0.3) is 0 Å². The van der Waals surface area contributed by atoms with Crippen LogP contribution in [0.1, 0.15) is 46.0 Å². The quantitative estimate of drug-likeness (QED) is 0.561. The number of carbonyl (C=O) groups excluding carboxylic acids is 1. The van der Waals surface area contributed by atoms with Gasteiger partial charge < -0.3 is 10.1 Å². The summed E-state index contributed by atoms with van der Waals surface area (Å²) in [6, 6.07) is 0. The van der Waals surface area contributed by atoms with Gasteiger partial charge in [-0.25, -0.2) is 0 Å². The van der Waals surface area contributed by atoms with Gasteiger partial charge in [-0.2, -0.15) is 0 Å². The van der Waals surface area contributed by atoms with Crippen LogP contribution in [0.15, 0.2) is 0 Å². The first-order valence-corrected chi connectivity index (χ1v) is 6.14. The van der Waals surface area contributed by atoms with E-state index < -0.39 is 0 Å². The zero-order chi connectivity index (χ0) is 11.1. The van der Waals surface area contributed by atoms with Crippen molar-refractivity contribution in [3.05, 3.63) is 0 Å². The molecule has 0 spiro atoms. The molecule has 0 saturated heterocycles. The van der Waals surface area contributed by atoms with Gasteiger partial charge in [-0.05, 0) is 31.7 Å². The molecule has 0 amide bonds. The van der Waals surface area contributed by atoms with E-state index in [9.17, 15) is 4.79 Å². The average Bonchev–Trinajstić information content (AvgIpc) is 2.22. The smallest absolute Gasteiger partial charge is 0.307 e. The Kier molecular flexibility index (Phi) is 5.69. The van der Waals surface area contributed by atoms with Gasteiger partial charge in [0, 0.05) is 6.54 Å². The number of ether oxygens (including phenoxy) is 1. The van der Waals surface area contributed by atoms with E-state index in [1.165, 1.54) is 19.3 Å². The number of esters is 1. The van der Waals surface area contributed by atoms with Crippen molar-refractivity contribution in [3.63, 3.8) is 0 Å². The lowest BCUT2D eigenvalue weighted by molar-refractivity contribution is -0.153. The van der Waals surface area contributed by atoms with Crippen LogP contribution in [-0.2, 0) is 9.53 Å². The minimum absolute atomic E-state index is 0.0466. The Morgan fingerprint density at radius 3 is 2.80 bits per heavy atom. The lowest BCUT2D eigenvalue weighted by Gasteiger charge is -2.28. The predicted molar refractivity (Wildman–Crippen MR) is 60.7 cm³/mol. The first-order chi connectivity index (χ1) is 7.24. The molecule has 0 radical (unpaired) electrons. The van der Waals surface area contributed by atoms with Crippen LogP contribution >= 0.6 is 0 Å². The van der Waals surface area contributed by atoms with E-state index in [0.717, 1.165) is 19.5 Å². The summed E-state index contributed by atoms with van der Waals surface area (Å²) in [5, 5.41) is 3.13. The molecule has 3 nitrogen and oxygen atoms in total. The molecule has 1 aliphatic rings. The Bertz CT molecular complexity index is 194. The van der Waals surface area contributed by atoms with Crippen LogP contribution in [0.5, 0.6) is 0 Å². The van der Waals surface area contributed by atoms with E-state index in [2.05, 4.69) is 12.2 Å². The molecule has 1 fully saturated rings. The van der Waals surface area contributed by atoms with Crippen LogP contribution in [0.2, 0.25) is 0 Å². The standard InChI is InChI=1S/C12H23NO2/c1-3-13-9-8-12(14)15-11-7-5-4-6-10(11)2/h10-11,13H,3-9H2,1-2H3. The first-order valence-electron chi connectivity index (χ1n) is 6.14. The number of hydrogen-bond donors (Lipinski definition) is 1. The van der Waals surface area contributed by atoms with E-state index in [-0.39, 0.29) is 12.1 Å². The molecule has 0 bridgehead atoms. The van der Waals surface area contributed by atoms with Gasteiger partial charge in [-0.15, -0.1) is 0 Å². The second-order valence-corrected chi connectivity index (χ2v) is 4.39. The molecular formula is C12H23NO2. The largest absolute Gasteiger partial charge is 0.462 e. The minimum atomic E-state index is -0.0466. The molecule has 1 rings (SSSR count). The minimum Gasteiger partial charge on any atom is -0.462 e. The Morgan fingerprint density at radius 2 is 2.13 bits per heavy atom. The summed E-state index contributed by atoms with van der Waals surface area (Å²) in [4.78, 5) is 11.5. The van der Waals surface area contributed by atoms with E-state index in [0.29, 0.717) is 12.3 Å². The number of rotatable bonds is 5. The summed E-state index contributed by atoms with van der Waals surface area (Å²) >= 11 is 0. The van der Waals surface area contributed by atoms with Crippen molar-refractivity contribution >= 4 is 5.97 Å². The van der Waals surface area contributed by atoms with Crippen LogP contribution in [0.3, 0.4) is 0 Å². The molecular weight excluding hydrogens is 190 g/mol. The molecule has 1 saturated carbocycles. The number of hydrogen-bond acceptors (Lipinski definition) is 3. The predicted octanol–water partition coefficient (Wildman–Crippen LogP) is 2.11. The summed E-state index contributed by atoms with van der Waals surface area (Å²) < 4.78 is 5.47. The fraction of sp³-hybridized carbons (Fsp3) is 0.917. The van der Waals surface area contributed by atoms with Gasteiger partial charge in [0.15, 0.2) is 0 Å². The monoisotopic (exact) mass is 213 g/mol. The molecule has 3 heteroatoms. The highest BCUT2D eigenvalue weighted by Gasteiger charge is 2.24. The maximum absolute atomic E-state index is 11.5. The zero-order valence-electron chi connectivity index (χ0n) is 9.92. The van der Waals surface area contributed by atoms with Crippen molar-refractivity contribution in [3.8, 4) is 0 Å². The molecule has 0 aliphatic heterocycles. The molecule has 2 atom stereocenters. The van der Waals surface area contributed by atoms with E-state index in [4.69, 9.17) is 4.74 Å². The van der Waals surface area contributed by atoms with Crippen LogP contribution < -0.4 is 5.32 Å². The molecule has 1 aliphatic carbocycles. The van der Waals surface area contributed by atoms with Gasteiger partial charge in [-0.1, -0.05) is 20.3 Å². The topological polar surface area (TPSA) is 38.3 Å². The summed E-state index contributed by atoms with van der Waals surface area (Å²) in [7, 11) is 0. The van der Waals surface area contributed by atoms with Crippen LogP contribution in [0, 0.1) is 5.92 Å². The molecule has 0 heterocycles. The second kappa shape index (κ2) is 6.83. The van der Waals surface area contributed by atoms with Gasteiger partial charge in [0.1, 0.15) is 6.10 Å². The summed E-state index contributed by atoms with van der Waals surface area (Å²) in [5.41, 5.74) is 0. The van der Waals surface area contributed by atoms with Crippen molar-refractivity contribution in [1.82, 2.24) is 5.32 Å². The highest BCUT2D eigenvalue weighted by Crippen LogP contribution is 2.26. The van der Waals surface area contributed by atoms with Crippen molar-refractivity contribution in [1.29, 1.82) is 0 Å². The number of carbonyl (C=O) groups is 1. The van der Waals surface area contributed by atoms with Crippen molar-refractivity contribution < 1.29 is 9.53 Å². The van der Waals surface area contributed by atoms with Gasteiger partial charge in [0.05, 0.1) is 6.42 Å². The molecule has 0 aromatic carbocycles. The van der Waals surface area contributed by atoms with Gasteiger partial charge >= 0.3 is 5.97 Å². The SMILES string of the molecule is CCNCCC(=O)OC1CCCCC1C. The molecule has 2 unspecified atom stereocenters. The van der Waals surface area contributed by atoms with Crippen molar-refractivity contribution in [2.75, 3.05) is 13.1 Å². The normalized spacial score (nSPS) is 26.3. The van der Waals surface area contributed by atoms with Crippen LogP contribution in [0.25, 0.3) is 0 Å². The summed E-state index contributed by atoms with van der Waals surface area (Å²) in [6.45, 7) is 5.86. The van der Waals surface area contributed by atoms with E-state index in [1.807, 2.05) is 6.92 Å². The highest BCUT2D eigenvalue weighted by molar-refractivity contribution is 5.69. The van der Waals surface area contributed by atoms with Gasteiger partial charge in [0.2, 0.25) is 0 Å². The molecule has 15 heavy (non-hydrogen) atoms.